The molecule has 33 heavy (non-hydrogen) atoms. The summed E-state index contributed by atoms with van der Waals surface area (Å²) in [5, 5.41) is 3.80. The van der Waals surface area contributed by atoms with E-state index in [2.05, 4.69) is 24.1 Å². The number of para-hydroxylation sites is 1. The molecule has 1 fully saturated rings. The number of fused-ring (bicyclic) bond motifs is 3. The fourth-order valence-corrected chi connectivity index (χ4v) is 6.42. The molecular formula is C26H32N4O2S. The second kappa shape index (κ2) is 9.39. The minimum atomic E-state index is -0.182. The number of rotatable bonds is 6. The average Bonchev–Trinajstić information content (AvgIpc) is 3.44. The number of aromatic nitrogens is 2. The number of nitrogens with one attached hydrogen (secondary N) is 1. The molecule has 1 aliphatic heterocycles. The number of aryl methyl sites for hydroxylation is 2. The maximum Gasteiger partial charge on any atom is 0.263 e. The summed E-state index contributed by atoms with van der Waals surface area (Å²) in [5.74, 6) is 0.823. The molecule has 1 aromatic carbocycles. The van der Waals surface area contributed by atoms with E-state index in [9.17, 15) is 9.59 Å². The molecule has 7 heteroatoms. The third kappa shape index (κ3) is 4.49. The Labute approximate surface area is 198 Å². The lowest BCUT2D eigenvalue weighted by molar-refractivity contribution is -0.116. The Morgan fingerprint density at radius 2 is 1.88 bits per heavy atom. The highest BCUT2D eigenvalue weighted by Gasteiger charge is 2.24. The van der Waals surface area contributed by atoms with Crippen molar-refractivity contribution in [3.05, 3.63) is 56.4 Å². The summed E-state index contributed by atoms with van der Waals surface area (Å²) < 4.78 is 1.63. The molecule has 3 heterocycles. The first-order valence-electron chi connectivity index (χ1n) is 12.2. The van der Waals surface area contributed by atoms with Crippen molar-refractivity contribution in [1.82, 2.24) is 14.5 Å². The summed E-state index contributed by atoms with van der Waals surface area (Å²) in [6, 6.07) is 7.88. The molecule has 0 radical (unpaired) electrons. The maximum absolute atomic E-state index is 13.8. The smallest absolute Gasteiger partial charge is 0.263 e. The number of carbonyl (C=O) groups excluding carboxylic acids is 1. The Kier molecular flexibility index (Phi) is 6.34. The minimum absolute atomic E-state index is 0.0119. The van der Waals surface area contributed by atoms with E-state index < -0.39 is 0 Å². The van der Waals surface area contributed by atoms with Crippen LogP contribution in [0.15, 0.2) is 29.1 Å². The van der Waals surface area contributed by atoms with Gasteiger partial charge >= 0.3 is 0 Å². The second-order valence-electron chi connectivity index (χ2n) is 9.58. The van der Waals surface area contributed by atoms with E-state index in [4.69, 9.17) is 4.98 Å². The first kappa shape index (κ1) is 22.3. The van der Waals surface area contributed by atoms with Gasteiger partial charge in [0.2, 0.25) is 5.91 Å². The molecule has 0 bridgehead atoms. The maximum atomic E-state index is 13.8. The number of thiophene rings is 1. The zero-order valence-electron chi connectivity index (χ0n) is 19.5. The van der Waals surface area contributed by atoms with Crippen LogP contribution in [0.2, 0.25) is 0 Å². The van der Waals surface area contributed by atoms with Crippen molar-refractivity contribution in [3.8, 4) is 0 Å². The van der Waals surface area contributed by atoms with Gasteiger partial charge in [-0.05, 0) is 74.7 Å². The molecule has 1 saturated heterocycles. The van der Waals surface area contributed by atoms with Crippen LogP contribution in [0.4, 0.5) is 5.69 Å². The molecule has 1 amide bonds. The Bertz CT molecular complexity index is 1240. The standard InChI is InChI=1S/C26H32N4O2S/c1-17(2)18-9-3-5-11-20(18)27-23(31)16-30-22(15-29-13-7-8-14-29)28-25-24(26(30)32)19-10-4-6-12-21(19)33-25/h3,5,9,11,17H,4,6-8,10,12-16H2,1-2H3,(H,27,31). The predicted molar refractivity (Wildman–Crippen MR) is 134 cm³/mol. The van der Waals surface area contributed by atoms with E-state index in [0.29, 0.717) is 18.3 Å². The summed E-state index contributed by atoms with van der Waals surface area (Å²) in [5.41, 5.74) is 3.02. The van der Waals surface area contributed by atoms with Gasteiger partial charge in [0.15, 0.2) is 0 Å². The molecule has 174 valence electrons. The van der Waals surface area contributed by atoms with Crippen LogP contribution in [0.3, 0.4) is 0 Å². The molecule has 0 saturated carbocycles. The molecule has 5 rings (SSSR count). The second-order valence-corrected chi connectivity index (χ2v) is 10.7. The normalized spacial score (nSPS) is 16.5. The lowest BCUT2D eigenvalue weighted by Crippen LogP contribution is -2.34. The number of benzene rings is 1. The molecule has 6 nitrogen and oxygen atoms in total. The van der Waals surface area contributed by atoms with Crippen LogP contribution in [0.5, 0.6) is 0 Å². The third-order valence-electron chi connectivity index (χ3n) is 6.88. The van der Waals surface area contributed by atoms with Crippen molar-refractivity contribution in [1.29, 1.82) is 0 Å². The summed E-state index contributed by atoms with van der Waals surface area (Å²) in [6.07, 6.45) is 6.60. The van der Waals surface area contributed by atoms with Crippen LogP contribution in [0, 0.1) is 0 Å². The highest BCUT2D eigenvalue weighted by atomic mass is 32.1. The van der Waals surface area contributed by atoms with Gasteiger partial charge in [-0.2, -0.15) is 0 Å². The zero-order chi connectivity index (χ0) is 22.9. The topological polar surface area (TPSA) is 67.2 Å². The molecular weight excluding hydrogens is 432 g/mol. The van der Waals surface area contributed by atoms with Crippen molar-refractivity contribution < 1.29 is 4.79 Å². The zero-order valence-corrected chi connectivity index (χ0v) is 20.3. The molecule has 3 aromatic rings. The Morgan fingerprint density at radius 3 is 2.67 bits per heavy atom. The van der Waals surface area contributed by atoms with Crippen LogP contribution in [-0.2, 0) is 30.7 Å². The molecule has 0 spiro atoms. The number of carbonyl (C=O) groups is 1. The number of nitrogens with zero attached hydrogens (tertiary/aromatic N) is 3. The van der Waals surface area contributed by atoms with Crippen molar-refractivity contribution in [2.75, 3.05) is 18.4 Å². The Morgan fingerprint density at radius 1 is 1.12 bits per heavy atom. The first-order chi connectivity index (χ1) is 16.0. The summed E-state index contributed by atoms with van der Waals surface area (Å²) in [6.45, 7) is 6.86. The summed E-state index contributed by atoms with van der Waals surface area (Å²) in [7, 11) is 0. The van der Waals surface area contributed by atoms with Gasteiger partial charge < -0.3 is 5.32 Å². The van der Waals surface area contributed by atoms with Crippen LogP contribution in [0.1, 0.15) is 67.3 Å². The molecule has 0 unspecified atom stereocenters. The van der Waals surface area contributed by atoms with Gasteiger partial charge in [-0.3, -0.25) is 19.1 Å². The Balaban J connectivity index is 1.51. The number of likely N-dealkylation sites (tertiary alicyclic amines) is 1. The third-order valence-corrected chi connectivity index (χ3v) is 8.06. The molecule has 2 aliphatic rings. The highest BCUT2D eigenvalue weighted by molar-refractivity contribution is 7.18. The van der Waals surface area contributed by atoms with E-state index in [0.717, 1.165) is 53.8 Å². The first-order valence-corrected chi connectivity index (χ1v) is 13.0. The quantitative estimate of drug-likeness (QED) is 0.574. The lowest BCUT2D eigenvalue weighted by Gasteiger charge is -2.19. The fraction of sp³-hybridized carbons (Fsp3) is 0.500. The van der Waals surface area contributed by atoms with Crippen LogP contribution < -0.4 is 10.9 Å². The average molecular weight is 465 g/mol. The monoisotopic (exact) mass is 464 g/mol. The van der Waals surface area contributed by atoms with Gasteiger partial charge in [0.05, 0.1) is 11.9 Å². The van der Waals surface area contributed by atoms with E-state index in [-0.39, 0.29) is 18.0 Å². The van der Waals surface area contributed by atoms with Gasteiger partial charge in [-0.25, -0.2) is 4.98 Å². The van der Waals surface area contributed by atoms with Gasteiger partial charge in [-0.1, -0.05) is 32.0 Å². The molecule has 1 aliphatic carbocycles. The van der Waals surface area contributed by atoms with Crippen molar-refractivity contribution in [3.63, 3.8) is 0 Å². The number of hydrogen-bond acceptors (Lipinski definition) is 5. The van der Waals surface area contributed by atoms with Gasteiger partial charge in [0.25, 0.3) is 5.56 Å². The SMILES string of the molecule is CC(C)c1ccccc1NC(=O)Cn1c(CN2CCCC2)nc2sc3c(c2c1=O)CCCC3. The number of hydrogen-bond donors (Lipinski definition) is 1. The van der Waals surface area contributed by atoms with Crippen molar-refractivity contribution >= 4 is 33.1 Å². The van der Waals surface area contributed by atoms with E-state index in [1.54, 1.807) is 15.9 Å². The Hall–Kier alpha value is -2.51. The molecule has 0 atom stereocenters. The largest absolute Gasteiger partial charge is 0.324 e. The number of anilines is 1. The number of amides is 1. The van der Waals surface area contributed by atoms with Crippen LogP contribution in [0.25, 0.3) is 10.2 Å². The molecule has 2 aromatic heterocycles. The van der Waals surface area contributed by atoms with E-state index in [1.807, 2.05) is 24.3 Å². The fourth-order valence-electron chi connectivity index (χ4n) is 5.15. The van der Waals surface area contributed by atoms with Gasteiger partial charge in [0, 0.05) is 10.6 Å². The van der Waals surface area contributed by atoms with Gasteiger partial charge in [-0.15, -0.1) is 11.3 Å². The lowest BCUT2D eigenvalue weighted by atomic mass is 9.97. The van der Waals surface area contributed by atoms with Crippen molar-refractivity contribution in [2.45, 2.75) is 71.4 Å². The van der Waals surface area contributed by atoms with Crippen LogP contribution in [-0.4, -0.2) is 33.4 Å². The van der Waals surface area contributed by atoms with Crippen LogP contribution >= 0.6 is 11.3 Å². The summed E-state index contributed by atoms with van der Waals surface area (Å²) >= 11 is 1.68. The summed E-state index contributed by atoms with van der Waals surface area (Å²) in [4.78, 5) is 36.4. The molecule has 1 N–H and O–H groups in total. The van der Waals surface area contributed by atoms with E-state index in [1.165, 1.54) is 29.7 Å². The van der Waals surface area contributed by atoms with Crippen molar-refractivity contribution in [2.24, 2.45) is 0 Å². The highest BCUT2D eigenvalue weighted by Crippen LogP contribution is 2.34. The van der Waals surface area contributed by atoms with Gasteiger partial charge in [0.1, 0.15) is 17.2 Å². The predicted octanol–water partition coefficient (Wildman–Crippen LogP) is 4.69. The minimum Gasteiger partial charge on any atom is -0.324 e. The van der Waals surface area contributed by atoms with E-state index >= 15 is 0 Å².